The third-order valence-corrected chi connectivity index (χ3v) is 6.82. The van der Waals surface area contributed by atoms with Crippen molar-refractivity contribution in [3.8, 4) is 0 Å². The van der Waals surface area contributed by atoms with Gasteiger partial charge in [-0.25, -0.2) is 22.0 Å². The van der Waals surface area contributed by atoms with Crippen molar-refractivity contribution in [1.82, 2.24) is 0 Å². The lowest BCUT2D eigenvalue weighted by Gasteiger charge is -2.43. The van der Waals surface area contributed by atoms with E-state index in [1.165, 1.54) is 0 Å². The van der Waals surface area contributed by atoms with Crippen LogP contribution in [0.25, 0.3) is 0 Å². The Morgan fingerprint density at radius 2 is 1.16 bits per heavy atom. The van der Waals surface area contributed by atoms with Crippen molar-refractivity contribution in [2.24, 2.45) is 17.8 Å². The molecule has 0 bridgehead atoms. The first-order valence-electron chi connectivity index (χ1n) is 10.8. The summed E-state index contributed by atoms with van der Waals surface area (Å²) < 4.78 is 145. The van der Waals surface area contributed by atoms with Crippen LogP contribution < -0.4 is 0 Å². The Labute approximate surface area is 179 Å². The number of ether oxygens (including phenoxy) is 2. The molecule has 32 heavy (non-hydrogen) atoms. The van der Waals surface area contributed by atoms with E-state index in [9.17, 15) is 43.9 Å². The molecule has 0 amide bonds. The lowest BCUT2D eigenvalue weighted by atomic mass is 9.69. The monoisotopic (exact) mass is 488 g/mol. The largest absolute Gasteiger partial charge is 0.522 e. The first-order chi connectivity index (χ1) is 14.8. The van der Waals surface area contributed by atoms with E-state index in [2.05, 4.69) is 9.47 Å². The molecule has 3 aliphatic rings. The highest BCUT2D eigenvalue weighted by Crippen LogP contribution is 2.48. The standard InChI is InChI=1S/C20H26F10O2/c21-11-3-1-2-9(4-11)10-5-13(22)17(14(23)6-10)19(26,27)31-12-7-15(24)18(16(25)8-12)32-20(28,29)30/h9-18H,1-8H2/t9?,10?,11-,12?,13?,14?,15?,16?,17?,18?/m1/s1. The smallest absolute Gasteiger partial charge is 0.317 e. The normalized spacial score (nSPS) is 44.4. The van der Waals surface area contributed by atoms with Gasteiger partial charge >= 0.3 is 12.5 Å². The molecule has 5 unspecified atom stereocenters. The summed E-state index contributed by atoms with van der Waals surface area (Å²) in [5.74, 6) is -3.44. The number of hydrogen-bond acceptors (Lipinski definition) is 2. The van der Waals surface area contributed by atoms with Crippen molar-refractivity contribution in [2.75, 3.05) is 0 Å². The summed E-state index contributed by atoms with van der Waals surface area (Å²) in [5, 5.41) is 0. The summed E-state index contributed by atoms with van der Waals surface area (Å²) in [6.45, 7) is 0. The van der Waals surface area contributed by atoms with Crippen molar-refractivity contribution in [1.29, 1.82) is 0 Å². The van der Waals surface area contributed by atoms with Gasteiger partial charge in [0, 0.05) is 12.8 Å². The van der Waals surface area contributed by atoms with Crippen LogP contribution in [-0.4, -0.2) is 55.5 Å². The molecule has 3 aliphatic carbocycles. The van der Waals surface area contributed by atoms with E-state index >= 15 is 0 Å². The first kappa shape index (κ1) is 25.8. The highest BCUT2D eigenvalue weighted by atomic mass is 19.4. The van der Waals surface area contributed by atoms with Gasteiger partial charge < -0.3 is 4.74 Å². The van der Waals surface area contributed by atoms with Crippen LogP contribution >= 0.6 is 0 Å². The molecule has 0 aliphatic heterocycles. The minimum atomic E-state index is -5.32. The van der Waals surface area contributed by atoms with Crippen LogP contribution in [0.5, 0.6) is 0 Å². The van der Waals surface area contributed by atoms with E-state index in [1.807, 2.05) is 0 Å². The molecule has 0 heterocycles. The van der Waals surface area contributed by atoms with Gasteiger partial charge in [0.15, 0.2) is 0 Å². The Kier molecular flexibility index (Phi) is 7.94. The topological polar surface area (TPSA) is 18.5 Å². The molecule has 3 rings (SSSR count). The third-order valence-electron chi connectivity index (χ3n) is 6.82. The van der Waals surface area contributed by atoms with E-state index in [0.717, 1.165) is 0 Å². The zero-order valence-corrected chi connectivity index (χ0v) is 17.0. The van der Waals surface area contributed by atoms with Crippen molar-refractivity contribution in [2.45, 2.75) is 107 Å². The number of hydrogen-bond donors (Lipinski definition) is 0. The molecule has 0 aromatic heterocycles. The van der Waals surface area contributed by atoms with Crippen molar-refractivity contribution in [3.05, 3.63) is 0 Å². The molecule has 188 valence electrons. The SMILES string of the molecule is FC1CC(OC(F)(F)C2C(F)CC(C3CCC[C@@H](F)C3)CC2F)CC(F)C1OC(F)(F)F. The Balaban J connectivity index is 1.60. The van der Waals surface area contributed by atoms with Gasteiger partial charge in [-0.1, -0.05) is 6.42 Å². The second-order valence-corrected chi connectivity index (χ2v) is 9.15. The van der Waals surface area contributed by atoms with Gasteiger partial charge in [0.05, 0.1) is 6.10 Å². The van der Waals surface area contributed by atoms with Crippen LogP contribution in [0.4, 0.5) is 43.9 Å². The van der Waals surface area contributed by atoms with Gasteiger partial charge in [-0.15, -0.1) is 13.2 Å². The Morgan fingerprint density at radius 3 is 1.66 bits per heavy atom. The molecule has 0 saturated heterocycles. The summed E-state index contributed by atoms with van der Waals surface area (Å²) in [6.07, 6.45) is -26.4. The molecule has 0 N–H and O–H groups in total. The second kappa shape index (κ2) is 9.84. The molecule has 12 heteroatoms. The van der Waals surface area contributed by atoms with Crippen molar-refractivity contribution >= 4 is 0 Å². The van der Waals surface area contributed by atoms with Gasteiger partial charge in [-0.05, 0) is 43.9 Å². The van der Waals surface area contributed by atoms with Crippen LogP contribution in [-0.2, 0) is 9.47 Å². The van der Waals surface area contributed by atoms with Gasteiger partial charge in [-0.2, -0.15) is 8.78 Å². The summed E-state index contributed by atoms with van der Waals surface area (Å²) >= 11 is 0. The van der Waals surface area contributed by atoms with Crippen LogP contribution in [0.2, 0.25) is 0 Å². The van der Waals surface area contributed by atoms with E-state index in [1.54, 1.807) is 0 Å². The Bertz CT molecular complexity index is 594. The van der Waals surface area contributed by atoms with Crippen LogP contribution in [0, 0.1) is 17.8 Å². The summed E-state index contributed by atoms with van der Waals surface area (Å²) in [4.78, 5) is 0. The fourth-order valence-corrected chi connectivity index (χ4v) is 5.39. The van der Waals surface area contributed by atoms with Crippen LogP contribution in [0.1, 0.15) is 51.4 Å². The Hall–Kier alpha value is -0.780. The van der Waals surface area contributed by atoms with Crippen molar-refractivity contribution in [3.63, 3.8) is 0 Å². The zero-order valence-electron chi connectivity index (χ0n) is 17.0. The van der Waals surface area contributed by atoms with Gasteiger partial charge in [0.25, 0.3) is 0 Å². The minimum Gasteiger partial charge on any atom is -0.317 e. The Morgan fingerprint density at radius 1 is 0.594 bits per heavy atom. The maximum Gasteiger partial charge on any atom is 0.522 e. The summed E-state index contributed by atoms with van der Waals surface area (Å²) in [5.41, 5.74) is 0. The molecule has 2 nitrogen and oxygen atoms in total. The van der Waals surface area contributed by atoms with E-state index in [4.69, 9.17) is 0 Å². The highest BCUT2D eigenvalue weighted by Gasteiger charge is 2.57. The molecule has 0 spiro atoms. The molecule has 0 aromatic carbocycles. The van der Waals surface area contributed by atoms with Crippen LogP contribution in [0.15, 0.2) is 0 Å². The van der Waals surface area contributed by atoms with Gasteiger partial charge in [0.1, 0.15) is 42.9 Å². The number of alkyl halides is 10. The minimum absolute atomic E-state index is 0.126. The molecule has 0 aromatic rings. The van der Waals surface area contributed by atoms with Crippen LogP contribution in [0.3, 0.4) is 0 Å². The molecule has 3 saturated carbocycles. The predicted octanol–water partition coefficient (Wildman–Crippen LogP) is 6.57. The molecular formula is C20H26F10O2. The summed E-state index contributed by atoms with van der Waals surface area (Å²) in [7, 11) is 0. The maximum atomic E-state index is 14.7. The summed E-state index contributed by atoms with van der Waals surface area (Å²) in [6, 6.07) is 0. The highest BCUT2D eigenvalue weighted by molar-refractivity contribution is 4.96. The number of rotatable bonds is 5. The van der Waals surface area contributed by atoms with Gasteiger partial charge in [-0.3, -0.25) is 4.74 Å². The van der Waals surface area contributed by atoms with E-state index < -0.39 is 93.1 Å². The maximum absolute atomic E-state index is 14.7. The fourth-order valence-electron chi connectivity index (χ4n) is 5.39. The average Bonchev–Trinajstić information content (AvgIpc) is 2.63. The van der Waals surface area contributed by atoms with E-state index in [-0.39, 0.29) is 12.3 Å². The molecular weight excluding hydrogens is 462 g/mol. The molecule has 0 radical (unpaired) electrons. The van der Waals surface area contributed by atoms with E-state index in [0.29, 0.717) is 19.3 Å². The average molecular weight is 488 g/mol. The lowest BCUT2D eigenvalue weighted by molar-refractivity contribution is -0.366. The third kappa shape index (κ3) is 6.21. The van der Waals surface area contributed by atoms with Gasteiger partial charge in [0.2, 0.25) is 0 Å². The zero-order chi connectivity index (χ0) is 23.8. The number of halogens is 10. The molecule has 3 fully saturated rings. The quantitative estimate of drug-likeness (QED) is 0.408. The molecule has 6 atom stereocenters. The first-order valence-corrected chi connectivity index (χ1v) is 10.8. The van der Waals surface area contributed by atoms with Crippen molar-refractivity contribution < 1.29 is 53.4 Å². The lowest BCUT2D eigenvalue weighted by Crippen LogP contribution is -2.53. The fraction of sp³-hybridized carbons (Fsp3) is 1.00. The predicted molar refractivity (Wildman–Crippen MR) is 92.6 cm³/mol. The second-order valence-electron chi connectivity index (χ2n) is 9.15.